The summed E-state index contributed by atoms with van der Waals surface area (Å²) in [6, 6.07) is 11.1. The molecule has 1 aromatic carbocycles. The minimum Gasteiger partial charge on any atom is -0.465 e. The molecule has 5 rings (SSSR count). The number of rotatable bonds is 5. The first-order valence-electron chi connectivity index (χ1n) is 11.3. The molecule has 180 valence electrons. The molecule has 1 amide bonds. The van der Waals surface area contributed by atoms with Gasteiger partial charge in [0.25, 0.3) is 0 Å². The largest absolute Gasteiger partial charge is 0.465 e. The number of fused-ring (bicyclic) bond motifs is 1. The Morgan fingerprint density at radius 1 is 1.23 bits per heavy atom. The van der Waals surface area contributed by atoms with Crippen molar-refractivity contribution in [2.75, 3.05) is 17.9 Å². The Labute approximate surface area is 207 Å². The van der Waals surface area contributed by atoms with Crippen molar-refractivity contribution in [2.45, 2.75) is 39.5 Å². The third kappa shape index (κ3) is 4.54. The van der Waals surface area contributed by atoms with Gasteiger partial charge in [-0.2, -0.15) is 5.26 Å². The first-order valence-corrected chi connectivity index (χ1v) is 12.3. The molecule has 0 spiro atoms. The molecule has 0 radical (unpaired) electrons. The zero-order valence-corrected chi connectivity index (χ0v) is 20.5. The summed E-state index contributed by atoms with van der Waals surface area (Å²) in [6.45, 7) is 6.10. The normalized spacial score (nSPS) is 20.3. The molecule has 0 saturated carbocycles. The number of ketones is 1. The molecule has 0 bridgehead atoms. The minimum absolute atomic E-state index is 0.0140. The van der Waals surface area contributed by atoms with Crippen molar-refractivity contribution >= 4 is 29.1 Å². The second kappa shape index (κ2) is 8.86. The van der Waals surface area contributed by atoms with E-state index in [-0.39, 0.29) is 29.7 Å². The number of anilines is 1. The topological polar surface area (TPSA) is 114 Å². The fraction of sp³-hybridized carbons (Fsp3) is 0.346. The van der Waals surface area contributed by atoms with Crippen LogP contribution in [0.15, 0.2) is 56.6 Å². The number of benzene rings is 1. The zero-order chi connectivity index (χ0) is 24.7. The molecule has 8 nitrogen and oxygen atoms in total. The Kier molecular flexibility index (Phi) is 5.85. The summed E-state index contributed by atoms with van der Waals surface area (Å²) in [4.78, 5) is 25.9. The van der Waals surface area contributed by atoms with Crippen molar-refractivity contribution in [2.24, 2.45) is 5.41 Å². The van der Waals surface area contributed by atoms with Crippen LogP contribution in [0, 0.1) is 23.7 Å². The van der Waals surface area contributed by atoms with Crippen molar-refractivity contribution in [3.8, 4) is 17.6 Å². The highest BCUT2D eigenvalue weighted by molar-refractivity contribution is 8.03. The maximum absolute atomic E-state index is 13.2. The van der Waals surface area contributed by atoms with Crippen molar-refractivity contribution in [3.05, 3.63) is 63.7 Å². The van der Waals surface area contributed by atoms with E-state index in [1.807, 2.05) is 19.1 Å². The fourth-order valence-corrected chi connectivity index (χ4v) is 5.55. The molecule has 1 unspecified atom stereocenters. The fourth-order valence-electron chi connectivity index (χ4n) is 4.69. The molecule has 3 heterocycles. The van der Waals surface area contributed by atoms with Gasteiger partial charge in [0.2, 0.25) is 12.7 Å². The van der Waals surface area contributed by atoms with Crippen LogP contribution in [0.5, 0.6) is 11.5 Å². The van der Waals surface area contributed by atoms with E-state index >= 15 is 0 Å². The van der Waals surface area contributed by atoms with Crippen molar-refractivity contribution in [1.29, 1.82) is 5.26 Å². The number of furan rings is 1. The average Bonchev–Trinajstić information content (AvgIpc) is 3.44. The molecule has 3 aliphatic rings. The van der Waals surface area contributed by atoms with Gasteiger partial charge in [-0.1, -0.05) is 25.6 Å². The first kappa shape index (κ1) is 23.1. The van der Waals surface area contributed by atoms with Gasteiger partial charge in [-0.25, -0.2) is 0 Å². The van der Waals surface area contributed by atoms with E-state index in [9.17, 15) is 14.9 Å². The number of nitrogens with one attached hydrogen (secondary N) is 2. The molecule has 2 N–H and O–H groups in total. The van der Waals surface area contributed by atoms with Crippen LogP contribution in [0.25, 0.3) is 0 Å². The molecular formula is C26H25N3O5S. The van der Waals surface area contributed by atoms with Crippen LogP contribution in [0.1, 0.15) is 44.1 Å². The molecule has 0 fully saturated rings. The molecule has 0 saturated heterocycles. The molecule has 1 aliphatic carbocycles. The van der Waals surface area contributed by atoms with Crippen LogP contribution in [0.4, 0.5) is 5.69 Å². The van der Waals surface area contributed by atoms with Gasteiger partial charge in [0.05, 0.1) is 28.3 Å². The summed E-state index contributed by atoms with van der Waals surface area (Å²) >= 11 is 1.24. The number of hydrogen-bond donors (Lipinski definition) is 2. The number of thioether (sulfide) groups is 1. The molecule has 9 heteroatoms. The Morgan fingerprint density at radius 3 is 2.77 bits per heavy atom. The number of Topliss-reactive ketones (excluding diaryl/α,β-unsaturated/α-hetero) is 1. The number of amides is 1. The van der Waals surface area contributed by atoms with Crippen LogP contribution in [0.3, 0.4) is 0 Å². The van der Waals surface area contributed by atoms with Crippen molar-refractivity contribution in [3.63, 3.8) is 0 Å². The van der Waals surface area contributed by atoms with E-state index in [0.29, 0.717) is 57.7 Å². The number of carbonyl (C=O) groups is 2. The molecule has 2 aliphatic heterocycles. The summed E-state index contributed by atoms with van der Waals surface area (Å²) in [5, 5.41) is 16.8. The molecule has 1 atom stereocenters. The predicted molar refractivity (Wildman–Crippen MR) is 131 cm³/mol. The average molecular weight is 492 g/mol. The first-order chi connectivity index (χ1) is 16.7. The summed E-state index contributed by atoms with van der Waals surface area (Å²) in [6.07, 6.45) is 1.07. The number of aryl methyl sites for hydroxylation is 1. The van der Waals surface area contributed by atoms with Gasteiger partial charge in [-0.3, -0.25) is 9.59 Å². The van der Waals surface area contributed by atoms with Gasteiger partial charge < -0.3 is 24.5 Å². The Bertz CT molecular complexity index is 1330. The van der Waals surface area contributed by atoms with Gasteiger partial charge in [-0.15, -0.1) is 0 Å². The maximum Gasteiger partial charge on any atom is 0.234 e. The summed E-state index contributed by atoms with van der Waals surface area (Å²) < 4.78 is 16.5. The Balaban J connectivity index is 1.40. The highest BCUT2D eigenvalue weighted by Gasteiger charge is 2.43. The molecule has 35 heavy (non-hydrogen) atoms. The van der Waals surface area contributed by atoms with Crippen molar-refractivity contribution < 1.29 is 23.5 Å². The molecule has 2 aromatic rings. The predicted octanol–water partition coefficient (Wildman–Crippen LogP) is 4.75. The molecule has 1 aromatic heterocycles. The zero-order valence-electron chi connectivity index (χ0n) is 19.7. The van der Waals surface area contributed by atoms with Crippen LogP contribution >= 0.6 is 11.8 Å². The summed E-state index contributed by atoms with van der Waals surface area (Å²) in [5.74, 6) is 1.76. The smallest absolute Gasteiger partial charge is 0.234 e. The van der Waals surface area contributed by atoms with Gasteiger partial charge in [-0.05, 0) is 43.0 Å². The summed E-state index contributed by atoms with van der Waals surface area (Å²) in [5.41, 5.74) is 2.15. The van der Waals surface area contributed by atoms with Gasteiger partial charge >= 0.3 is 0 Å². The van der Waals surface area contributed by atoms with E-state index in [0.717, 1.165) is 5.70 Å². The lowest BCUT2D eigenvalue weighted by molar-refractivity contribution is -0.118. The quantitative estimate of drug-likeness (QED) is 0.616. The third-order valence-electron chi connectivity index (χ3n) is 6.18. The number of nitrogens with zero attached hydrogens (tertiary/aromatic N) is 1. The monoisotopic (exact) mass is 491 g/mol. The number of allylic oxidation sites excluding steroid dienone is 3. The number of dihydropyridines is 1. The van der Waals surface area contributed by atoms with Gasteiger partial charge in [0, 0.05) is 29.4 Å². The Hall–Kier alpha value is -3.64. The van der Waals surface area contributed by atoms with E-state index < -0.39 is 5.92 Å². The second-order valence-corrected chi connectivity index (χ2v) is 10.6. The maximum atomic E-state index is 13.2. The van der Waals surface area contributed by atoms with Crippen LogP contribution in [-0.2, 0) is 9.59 Å². The van der Waals surface area contributed by atoms with Gasteiger partial charge in [0.15, 0.2) is 17.3 Å². The van der Waals surface area contributed by atoms with Gasteiger partial charge in [0.1, 0.15) is 11.5 Å². The highest BCUT2D eigenvalue weighted by atomic mass is 32.2. The SMILES string of the molecule is Cc1ccc(C2C(C#N)=C(SCC(=O)Nc3ccc4c(c3)OCO4)NC3=C2C(=O)CC(C)(C)C3)o1. The number of carbonyl (C=O) groups excluding carboxylic acids is 2. The molecular weight excluding hydrogens is 466 g/mol. The lowest BCUT2D eigenvalue weighted by Gasteiger charge is -2.38. The van der Waals surface area contributed by atoms with E-state index in [2.05, 4.69) is 30.6 Å². The summed E-state index contributed by atoms with van der Waals surface area (Å²) in [7, 11) is 0. The van der Waals surface area contributed by atoms with Crippen molar-refractivity contribution in [1.82, 2.24) is 5.32 Å². The number of hydrogen-bond acceptors (Lipinski definition) is 8. The van der Waals surface area contributed by atoms with Crippen LogP contribution in [-0.4, -0.2) is 24.2 Å². The number of nitriles is 1. The second-order valence-electron chi connectivity index (χ2n) is 9.60. The van der Waals surface area contributed by atoms with Crippen LogP contribution < -0.4 is 20.1 Å². The lowest BCUT2D eigenvalue weighted by atomic mass is 9.70. The standard InChI is InChI=1S/C26H25N3O5S/c1-14-4-6-20(34-14)23-16(11-27)25(29-17-9-26(2,3)10-18(30)24(17)23)35-12-22(31)28-15-5-7-19-21(8-15)33-13-32-19/h4-8,23,29H,9-10,12-13H2,1-3H3,(H,28,31). The Morgan fingerprint density at radius 2 is 2.03 bits per heavy atom. The highest BCUT2D eigenvalue weighted by Crippen LogP contribution is 2.48. The number of ether oxygens (including phenoxy) is 2. The van der Waals surface area contributed by atoms with E-state index in [1.54, 1.807) is 18.2 Å². The van der Waals surface area contributed by atoms with E-state index in [1.165, 1.54) is 11.8 Å². The van der Waals surface area contributed by atoms with Crippen LogP contribution in [0.2, 0.25) is 0 Å². The lowest BCUT2D eigenvalue weighted by Crippen LogP contribution is -2.37. The van der Waals surface area contributed by atoms with E-state index in [4.69, 9.17) is 13.9 Å². The third-order valence-corrected chi connectivity index (χ3v) is 7.19. The minimum atomic E-state index is -0.590.